The van der Waals surface area contributed by atoms with Crippen LogP contribution in [0.25, 0.3) is 0 Å². The zero-order valence-electron chi connectivity index (χ0n) is 16.0. The summed E-state index contributed by atoms with van der Waals surface area (Å²) in [6.45, 7) is 12.1. The summed E-state index contributed by atoms with van der Waals surface area (Å²) >= 11 is 0. The maximum atomic E-state index is 10.1. The standard InChI is InChI=1S/C10H20O2.C10H18O/c1-7-4-5-8(9(11)6-7)10(2,3)12;1-9(2)5-4-6-10(3)7-8-11/h7-9,11-12H,4-6H2,1-3H3;5,8,10H,4,6-7H2,1-3H3/t7-,8?,9?;10-/m11/s1. The van der Waals surface area contributed by atoms with Crippen molar-refractivity contribution in [1.82, 2.24) is 0 Å². The highest BCUT2D eigenvalue weighted by atomic mass is 16.3. The minimum absolute atomic E-state index is 0.0636. The fourth-order valence-corrected chi connectivity index (χ4v) is 3.11. The van der Waals surface area contributed by atoms with E-state index in [-0.39, 0.29) is 12.0 Å². The van der Waals surface area contributed by atoms with Crippen LogP contribution in [0.5, 0.6) is 0 Å². The van der Waals surface area contributed by atoms with Gasteiger partial charge in [-0.25, -0.2) is 0 Å². The summed E-state index contributed by atoms with van der Waals surface area (Å²) in [6, 6.07) is 0. The fourth-order valence-electron chi connectivity index (χ4n) is 3.11. The summed E-state index contributed by atoms with van der Waals surface area (Å²) in [5.41, 5.74) is 0.642. The Morgan fingerprint density at radius 1 is 1.30 bits per heavy atom. The maximum absolute atomic E-state index is 10.1. The summed E-state index contributed by atoms with van der Waals surface area (Å²) in [4.78, 5) is 10.1. The normalized spacial score (nSPS) is 25.8. The second-order valence-electron chi connectivity index (χ2n) is 8.11. The van der Waals surface area contributed by atoms with Gasteiger partial charge in [0.25, 0.3) is 0 Å². The van der Waals surface area contributed by atoms with Gasteiger partial charge in [0.15, 0.2) is 0 Å². The second-order valence-corrected chi connectivity index (χ2v) is 8.11. The van der Waals surface area contributed by atoms with Crippen molar-refractivity contribution in [3.8, 4) is 0 Å². The van der Waals surface area contributed by atoms with E-state index in [1.165, 1.54) is 5.57 Å². The van der Waals surface area contributed by atoms with Gasteiger partial charge in [-0.15, -0.1) is 0 Å². The average molecular weight is 327 g/mol. The van der Waals surface area contributed by atoms with E-state index in [9.17, 15) is 15.0 Å². The van der Waals surface area contributed by atoms with Crippen LogP contribution >= 0.6 is 0 Å². The number of hydrogen-bond acceptors (Lipinski definition) is 3. The zero-order valence-corrected chi connectivity index (χ0v) is 16.0. The Morgan fingerprint density at radius 3 is 2.35 bits per heavy atom. The molecule has 0 spiro atoms. The van der Waals surface area contributed by atoms with Gasteiger partial charge in [-0.2, -0.15) is 0 Å². The van der Waals surface area contributed by atoms with Gasteiger partial charge in [-0.1, -0.05) is 31.9 Å². The van der Waals surface area contributed by atoms with Gasteiger partial charge in [0.2, 0.25) is 0 Å². The quantitative estimate of drug-likeness (QED) is 0.557. The summed E-state index contributed by atoms with van der Waals surface area (Å²) in [5.74, 6) is 1.22. The van der Waals surface area contributed by atoms with Crippen LogP contribution in [0.2, 0.25) is 0 Å². The third kappa shape index (κ3) is 10.7. The summed E-state index contributed by atoms with van der Waals surface area (Å²) < 4.78 is 0. The largest absolute Gasteiger partial charge is 0.393 e. The number of rotatable bonds is 6. The lowest BCUT2D eigenvalue weighted by Gasteiger charge is -2.38. The predicted molar refractivity (Wildman–Crippen MR) is 97.3 cm³/mol. The molecule has 1 saturated carbocycles. The summed E-state index contributed by atoms with van der Waals surface area (Å²) in [5, 5.41) is 19.5. The molecular weight excluding hydrogens is 288 g/mol. The Balaban J connectivity index is 0.000000423. The molecule has 0 aromatic heterocycles. The molecule has 1 aliphatic rings. The summed E-state index contributed by atoms with van der Waals surface area (Å²) in [7, 11) is 0. The molecule has 2 unspecified atom stereocenters. The Bertz CT molecular complexity index is 350. The van der Waals surface area contributed by atoms with Gasteiger partial charge in [0.05, 0.1) is 11.7 Å². The molecule has 0 saturated heterocycles. The topological polar surface area (TPSA) is 57.5 Å². The minimum Gasteiger partial charge on any atom is -0.393 e. The Kier molecular flexibility index (Phi) is 10.7. The van der Waals surface area contributed by atoms with E-state index in [0.717, 1.165) is 38.4 Å². The molecule has 0 aliphatic heterocycles. The van der Waals surface area contributed by atoms with Crippen LogP contribution in [0, 0.1) is 17.8 Å². The Morgan fingerprint density at radius 2 is 1.91 bits per heavy atom. The van der Waals surface area contributed by atoms with E-state index in [4.69, 9.17) is 0 Å². The van der Waals surface area contributed by atoms with Crippen LogP contribution in [0.3, 0.4) is 0 Å². The van der Waals surface area contributed by atoms with Crippen molar-refractivity contribution in [3.05, 3.63) is 11.6 Å². The first kappa shape index (κ1) is 22.3. The number of allylic oxidation sites excluding steroid dienone is 2. The lowest BCUT2D eigenvalue weighted by Crippen LogP contribution is -2.42. The van der Waals surface area contributed by atoms with E-state index >= 15 is 0 Å². The lowest BCUT2D eigenvalue weighted by molar-refractivity contribution is -0.108. The number of aliphatic hydroxyl groups is 2. The van der Waals surface area contributed by atoms with Crippen LogP contribution in [0.1, 0.15) is 80.1 Å². The van der Waals surface area contributed by atoms with Crippen molar-refractivity contribution in [1.29, 1.82) is 0 Å². The van der Waals surface area contributed by atoms with Gasteiger partial charge >= 0.3 is 0 Å². The summed E-state index contributed by atoms with van der Waals surface area (Å²) in [6.07, 6.45) is 8.78. The smallest absolute Gasteiger partial charge is 0.120 e. The average Bonchev–Trinajstić information content (AvgIpc) is 2.37. The molecule has 0 amide bonds. The molecule has 0 radical (unpaired) electrons. The van der Waals surface area contributed by atoms with E-state index in [0.29, 0.717) is 18.3 Å². The fraction of sp³-hybridized carbons (Fsp3) is 0.850. The molecule has 1 aliphatic carbocycles. The molecule has 3 nitrogen and oxygen atoms in total. The number of carbonyl (C=O) groups is 1. The molecule has 0 aromatic carbocycles. The highest BCUT2D eigenvalue weighted by molar-refractivity contribution is 5.49. The Labute approximate surface area is 143 Å². The van der Waals surface area contributed by atoms with Crippen molar-refractivity contribution in [2.75, 3.05) is 0 Å². The molecule has 3 heteroatoms. The van der Waals surface area contributed by atoms with Crippen molar-refractivity contribution < 1.29 is 15.0 Å². The highest BCUT2D eigenvalue weighted by Gasteiger charge is 2.36. The second kappa shape index (κ2) is 11.0. The molecular formula is C20H38O3. The predicted octanol–water partition coefficient (Wildman–Crippen LogP) is 4.51. The van der Waals surface area contributed by atoms with Crippen LogP contribution in [-0.2, 0) is 4.79 Å². The first-order chi connectivity index (χ1) is 10.6. The molecule has 0 bridgehead atoms. The van der Waals surface area contributed by atoms with E-state index in [1.54, 1.807) is 13.8 Å². The van der Waals surface area contributed by atoms with Gasteiger partial charge in [-0.3, -0.25) is 0 Å². The van der Waals surface area contributed by atoms with E-state index in [1.807, 2.05) is 0 Å². The first-order valence-electron chi connectivity index (χ1n) is 9.05. The molecule has 136 valence electrons. The van der Waals surface area contributed by atoms with Crippen LogP contribution in [0.4, 0.5) is 0 Å². The lowest BCUT2D eigenvalue weighted by atomic mass is 9.73. The van der Waals surface area contributed by atoms with E-state index < -0.39 is 5.60 Å². The number of aliphatic hydroxyl groups excluding tert-OH is 1. The van der Waals surface area contributed by atoms with Crippen LogP contribution in [0.15, 0.2) is 11.6 Å². The molecule has 2 N–H and O–H groups in total. The highest BCUT2D eigenvalue weighted by Crippen LogP contribution is 2.35. The molecule has 4 atom stereocenters. The number of hydrogen-bond donors (Lipinski definition) is 2. The zero-order chi connectivity index (χ0) is 18.0. The van der Waals surface area contributed by atoms with Gasteiger partial charge in [-0.05, 0) is 65.2 Å². The monoisotopic (exact) mass is 326 g/mol. The van der Waals surface area contributed by atoms with Gasteiger partial charge < -0.3 is 15.0 Å². The SMILES string of the molecule is CC(C)=CCC[C@@H](C)CC=O.C[C@@H]1CCC(C(C)(C)O)C(O)C1. The van der Waals surface area contributed by atoms with E-state index in [2.05, 4.69) is 33.8 Å². The molecule has 1 fully saturated rings. The Hall–Kier alpha value is -0.670. The van der Waals surface area contributed by atoms with Crippen molar-refractivity contribution in [3.63, 3.8) is 0 Å². The number of carbonyl (C=O) groups excluding carboxylic acids is 1. The maximum Gasteiger partial charge on any atom is 0.120 e. The van der Waals surface area contributed by atoms with Crippen LogP contribution < -0.4 is 0 Å². The third-order valence-corrected chi connectivity index (χ3v) is 4.70. The van der Waals surface area contributed by atoms with Crippen molar-refractivity contribution in [2.45, 2.75) is 91.8 Å². The van der Waals surface area contributed by atoms with Crippen LogP contribution in [-0.4, -0.2) is 28.2 Å². The van der Waals surface area contributed by atoms with Crippen molar-refractivity contribution >= 4 is 6.29 Å². The molecule has 0 aromatic rings. The van der Waals surface area contributed by atoms with Crippen molar-refractivity contribution in [2.24, 2.45) is 17.8 Å². The number of aldehydes is 1. The minimum atomic E-state index is -0.723. The molecule has 1 rings (SSSR count). The third-order valence-electron chi connectivity index (χ3n) is 4.70. The van der Waals surface area contributed by atoms with Gasteiger partial charge in [0, 0.05) is 12.3 Å². The first-order valence-corrected chi connectivity index (χ1v) is 9.05. The molecule has 23 heavy (non-hydrogen) atoms. The van der Waals surface area contributed by atoms with Gasteiger partial charge in [0.1, 0.15) is 6.29 Å². The molecule has 0 heterocycles.